The summed E-state index contributed by atoms with van der Waals surface area (Å²) in [6.07, 6.45) is 0.0583. The normalized spacial score (nSPS) is 22.1. The van der Waals surface area contributed by atoms with Crippen molar-refractivity contribution in [2.75, 3.05) is 11.5 Å². The second-order valence-corrected chi connectivity index (χ2v) is 6.64. The highest BCUT2D eigenvalue weighted by atomic mass is 35.5. The van der Waals surface area contributed by atoms with Crippen molar-refractivity contribution in [1.29, 1.82) is 0 Å². The molecule has 1 amide bonds. The summed E-state index contributed by atoms with van der Waals surface area (Å²) in [5, 5.41) is 12.5. The number of amides is 1. The maximum atomic E-state index is 12.4. The van der Waals surface area contributed by atoms with Gasteiger partial charge in [-0.3, -0.25) is 4.79 Å². The third kappa shape index (κ3) is 3.67. The number of para-hydroxylation sites is 1. The molecule has 2 atom stereocenters. The van der Waals surface area contributed by atoms with Crippen LogP contribution >= 0.6 is 23.4 Å². The van der Waals surface area contributed by atoms with E-state index in [1.165, 1.54) is 11.8 Å². The van der Waals surface area contributed by atoms with Crippen molar-refractivity contribution in [3.63, 3.8) is 0 Å². The summed E-state index contributed by atoms with van der Waals surface area (Å²) in [4.78, 5) is 23.9. The van der Waals surface area contributed by atoms with Crippen molar-refractivity contribution < 1.29 is 19.4 Å². The van der Waals surface area contributed by atoms with Crippen LogP contribution in [0.25, 0.3) is 0 Å². The Hall–Kier alpha value is -1.40. The predicted octanol–water partition coefficient (Wildman–Crippen LogP) is 2.57. The van der Waals surface area contributed by atoms with Gasteiger partial charge in [-0.05, 0) is 30.7 Å². The van der Waals surface area contributed by atoms with Crippen molar-refractivity contribution in [1.82, 2.24) is 5.32 Å². The third-order valence-electron chi connectivity index (χ3n) is 3.56. The first kappa shape index (κ1) is 17.0. The van der Waals surface area contributed by atoms with Crippen LogP contribution in [0.1, 0.15) is 19.8 Å². The minimum atomic E-state index is -1.20. The lowest BCUT2D eigenvalue weighted by Gasteiger charge is -2.27. The van der Waals surface area contributed by atoms with E-state index in [2.05, 4.69) is 5.32 Å². The number of rotatable bonds is 6. The van der Waals surface area contributed by atoms with Crippen molar-refractivity contribution in [3.8, 4) is 5.75 Å². The minimum Gasteiger partial charge on any atom is -0.479 e. The summed E-state index contributed by atoms with van der Waals surface area (Å²) in [6.45, 7) is 1.80. The maximum absolute atomic E-state index is 12.4. The highest BCUT2D eigenvalue weighted by molar-refractivity contribution is 7.99. The van der Waals surface area contributed by atoms with Crippen LogP contribution in [0.4, 0.5) is 0 Å². The Morgan fingerprint density at radius 2 is 2.23 bits per heavy atom. The molecule has 1 saturated heterocycles. The van der Waals surface area contributed by atoms with Gasteiger partial charge in [-0.25, -0.2) is 4.79 Å². The van der Waals surface area contributed by atoms with Gasteiger partial charge in [0.15, 0.2) is 6.10 Å². The first-order valence-electron chi connectivity index (χ1n) is 7.03. The van der Waals surface area contributed by atoms with Crippen LogP contribution in [0.3, 0.4) is 0 Å². The van der Waals surface area contributed by atoms with Gasteiger partial charge in [-0.1, -0.05) is 30.7 Å². The minimum absolute atomic E-state index is 0.372. The average molecular weight is 344 g/mol. The molecule has 0 radical (unpaired) electrons. The third-order valence-corrected chi connectivity index (χ3v) is 5.06. The first-order valence-corrected chi connectivity index (χ1v) is 8.56. The van der Waals surface area contributed by atoms with Gasteiger partial charge in [0.05, 0.1) is 5.02 Å². The number of hydrogen-bond acceptors (Lipinski definition) is 4. The van der Waals surface area contributed by atoms with E-state index in [-0.39, 0.29) is 0 Å². The second kappa shape index (κ2) is 7.24. The van der Waals surface area contributed by atoms with E-state index in [0.717, 1.165) is 5.75 Å². The fourth-order valence-corrected chi connectivity index (χ4v) is 3.72. The zero-order valence-electron chi connectivity index (χ0n) is 12.2. The number of carbonyl (C=O) groups is 2. The van der Waals surface area contributed by atoms with Crippen LogP contribution in [0, 0.1) is 0 Å². The molecule has 0 aromatic heterocycles. The molecule has 2 N–H and O–H groups in total. The zero-order valence-corrected chi connectivity index (χ0v) is 13.7. The van der Waals surface area contributed by atoms with Gasteiger partial charge in [-0.15, -0.1) is 0 Å². The number of halogens is 1. The SMILES string of the molecule is CCC(Oc1ccccc1Cl)C(=O)NC1(C(=O)O)CCSC1. The quantitative estimate of drug-likeness (QED) is 0.830. The van der Waals surface area contributed by atoms with Gasteiger partial charge in [0, 0.05) is 5.75 Å². The van der Waals surface area contributed by atoms with E-state index in [1.807, 2.05) is 0 Å². The van der Waals surface area contributed by atoms with Crippen LogP contribution in [0.2, 0.25) is 5.02 Å². The van der Waals surface area contributed by atoms with Crippen molar-refractivity contribution in [2.45, 2.75) is 31.4 Å². The molecule has 1 aromatic rings. The standard InChI is InChI=1S/C15H18ClNO4S/c1-2-11(21-12-6-4-3-5-10(12)16)13(18)17-15(14(19)20)7-8-22-9-15/h3-6,11H,2,7-9H2,1H3,(H,17,18)(H,19,20). The molecule has 1 fully saturated rings. The van der Waals surface area contributed by atoms with Crippen LogP contribution in [-0.2, 0) is 9.59 Å². The van der Waals surface area contributed by atoms with Crippen molar-refractivity contribution in [2.24, 2.45) is 0 Å². The summed E-state index contributed by atoms with van der Waals surface area (Å²) in [6, 6.07) is 6.88. The molecule has 0 bridgehead atoms. The van der Waals surface area contributed by atoms with Crippen molar-refractivity contribution in [3.05, 3.63) is 29.3 Å². The first-order chi connectivity index (χ1) is 10.5. The van der Waals surface area contributed by atoms with Gasteiger partial charge in [0.2, 0.25) is 0 Å². The molecule has 1 heterocycles. The Morgan fingerprint density at radius 1 is 1.50 bits per heavy atom. The fourth-order valence-electron chi connectivity index (χ4n) is 2.22. The van der Waals surface area contributed by atoms with Gasteiger partial charge in [0.1, 0.15) is 11.3 Å². The summed E-state index contributed by atoms with van der Waals surface area (Å²) >= 11 is 7.54. The molecule has 1 aliphatic rings. The molecule has 2 rings (SSSR count). The number of thioether (sulfide) groups is 1. The average Bonchev–Trinajstić information content (AvgIpc) is 2.96. The number of benzene rings is 1. The summed E-state index contributed by atoms with van der Waals surface area (Å²) in [5.74, 6) is 0.0767. The smallest absolute Gasteiger partial charge is 0.330 e. The van der Waals surface area contributed by atoms with Gasteiger partial charge in [0.25, 0.3) is 5.91 Å². The Bertz CT molecular complexity index is 560. The highest BCUT2D eigenvalue weighted by Gasteiger charge is 2.44. The molecule has 0 spiro atoms. The van der Waals surface area contributed by atoms with Gasteiger partial charge in [-0.2, -0.15) is 11.8 Å². The topological polar surface area (TPSA) is 75.6 Å². The van der Waals surface area contributed by atoms with Gasteiger partial charge < -0.3 is 15.2 Å². The molecular weight excluding hydrogens is 326 g/mol. The molecule has 5 nitrogen and oxygen atoms in total. The Morgan fingerprint density at radius 3 is 2.77 bits per heavy atom. The van der Waals surface area contributed by atoms with Crippen LogP contribution in [0.5, 0.6) is 5.75 Å². The van der Waals surface area contributed by atoms with E-state index in [9.17, 15) is 14.7 Å². The Kier molecular flexibility index (Phi) is 5.58. The van der Waals surface area contributed by atoms with Gasteiger partial charge >= 0.3 is 5.97 Å². The van der Waals surface area contributed by atoms with Crippen LogP contribution in [-0.4, -0.2) is 40.1 Å². The molecule has 22 heavy (non-hydrogen) atoms. The van der Waals surface area contributed by atoms with Crippen LogP contribution < -0.4 is 10.1 Å². The Labute approximate surface area is 138 Å². The Balaban J connectivity index is 2.09. The number of aliphatic carboxylic acids is 1. The molecule has 0 saturated carbocycles. The predicted molar refractivity (Wildman–Crippen MR) is 86.6 cm³/mol. The molecule has 0 aliphatic carbocycles. The zero-order chi connectivity index (χ0) is 16.2. The van der Waals surface area contributed by atoms with E-state index >= 15 is 0 Å². The van der Waals surface area contributed by atoms with Crippen molar-refractivity contribution >= 4 is 35.2 Å². The second-order valence-electron chi connectivity index (χ2n) is 5.12. The molecule has 7 heteroatoms. The number of carbonyl (C=O) groups excluding carboxylic acids is 1. The fraction of sp³-hybridized carbons (Fsp3) is 0.467. The van der Waals surface area contributed by atoms with E-state index in [1.54, 1.807) is 31.2 Å². The number of carboxylic acids is 1. The maximum Gasteiger partial charge on any atom is 0.330 e. The summed E-state index contributed by atoms with van der Waals surface area (Å²) in [7, 11) is 0. The largest absolute Gasteiger partial charge is 0.479 e. The van der Waals surface area contributed by atoms with E-state index in [0.29, 0.717) is 29.4 Å². The lowest BCUT2D eigenvalue weighted by Crippen LogP contribution is -2.57. The number of nitrogens with one attached hydrogen (secondary N) is 1. The lowest BCUT2D eigenvalue weighted by molar-refractivity contribution is -0.147. The molecule has 120 valence electrons. The molecule has 1 aliphatic heterocycles. The number of hydrogen-bond donors (Lipinski definition) is 2. The van der Waals surface area contributed by atoms with E-state index in [4.69, 9.17) is 16.3 Å². The molecule has 2 unspecified atom stereocenters. The monoisotopic (exact) mass is 343 g/mol. The molecule has 1 aromatic carbocycles. The van der Waals surface area contributed by atoms with Crippen LogP contribution in [0.15, 0.2) is 24.3 Å². The van der Waals surface area contributed by atoms with E-state index < -0.39 is 23.5 Å². The highest BCUT2D eigenvalue weighted by Crippen LogP contribution is 2.29. The summed E-state index contributed by atoms with van der Waals surface area (Å²) < 4.78 is 5.65. The lowest BCUT2D eigenvalue weighted by atomic mass is 9.98. The number of carboxylic acid groups (broad SMARTS) is 1. The number of ether oxygens (including phenoxy) is 1. The molecular formula is C15H18ClNO4S. The summed E-state index contributed by atoms with van der Waals surface area (Å²) in [5.41, 5.74) is -1.20.